The number of sulfone groups is 1. The summed E-state index contributed by atoms with van der Waals surface area (Å²) in [6, 6.07) is 5.37. The Kier molecular flexibility index (Phi) is 7.57. The van der Waals surface area contributed by atoms with Crippen molar-refractivity contribution in [3.05, 3.63) is 52.4 Å². The number of fused-ring (bicyclic) bond motifs is 1. The molecule has 0 spiro atoms. The molecule has 0 fully saturated rings. The summed E-state index contributed by atoms with van der Waals surface area (Å²) in [5.41, 5.74) is 1.84. The number of rotatable bonds is 9. The fourth-order valence-electron chi connectivity index (χ4n) is 3.36. The maximum atomic E-state index is 12.6. The second kappa shape index (κ2) is 10.2. The quantitative estimate of drug-likeness (QED) is 0.435. The van der Waals surface area contributed by atoms with Crippen LogP contribution in [0.5, 0.6) is 11.5 Å². The van der Waals surface area contributed by atoms with E-state index in [9.17, 15) is 18.0 Å². The monoisotopic (exact) mass is 479 g/mol. The molecule has 0 unspecified atom stereocenters. The van der Waals surface area contributed by atoms with E-state index >= 15 is 0 Å². The fourth-order valence-corrected chi connectivity index (χ4v) is 6.42. The van der Waals surface area contributed by atoms with Crippen LogP contribution < -0.4 is 14.8 Å². The van der Waals surface area contributed by atoms with E-state index in [4.69, 9.17) is 14.2 Å². The topological polar surface area (TPSA) is 108 Å². The van der Waals surface area contributed by atoms with Gasteiger partial charge in [-0.2, -0.15) is 0 Å². The number of carbonyl (C=O) groups excluding carboxylic acids is 2. The molecule has 0 radical (unpaired) electrons. The van der Waals surface area contributed by atoms with Gasteiger partial charge in [-0.15, -0.1) is 17.9 Å². The van der Waals surface area contributed by atoms with Crippen molar-refractivity contribution in [3.8, 4) is 11.5 Å². The normalized spacial score (nSPS) is 14.2. The molecule has 0 aliphatic carbocycles. The summed E-state index contributed by atoms with van der Waals surface area (Å²) in [5, 5.41) is 2.95. The maximum Gasteiger partial charge on any atom is 0.341 e. The lowest BCUT2D eigenvalue weighted by Gasteiger charge is -2.13. The van der Waals surface area contributed by atoms with Gasteiger partial charge >= 0.3 is 5.97 Å². The number of thiophene rings is 1. The van der Waals surface area contributed by atoms with Crippen LogP contribution in [0.25, 0.3) is 0 Å². The Morgan fingerprint density at radius 3 is 2.75 bits per heavy atom. The first-order valence-corrected chi connectivity index (χ1v) is 12.6. The van der Waals surface area contributed by atoms with Crippen molar-refractivity contribution < 1.29 is 32.2 Å². The molecule has 0 saturated carbocycles. The van der Waals surface area contributed by atoms with Crippen molar-refractivity contribution in [1.82, 2.24) is 0 Å². The van der Waals surface area contributed by atoms with E-state index in [2.05, 4.69) is 11.9 Å². The van der Waals surface area contributed by atoms with Crippen molar-refractivity contribution in [2.75, 3.05) is 31.4 Å². The first kappa shape index (κ1) is 23.8. The Morgan fingerprint density at radius 1 is 1.28 bits per heavy atom. The summed E-state index contributed by atoms with van der Waals surface area (Å²) < 4.78 is 40.1. The van der Waals surface area contributed by atoms with Crippen molar-refractivity contribution in [3.63, 3.8) is 0 Å². The minimum absolute atomic E-state index is 0.0404. The van der Waals surface area contributed by atoms with Gasteiger partial charge in [0.1, 0.15) is 5.00 Å². The summed E-state index contributed by atoms with van der Waals surface area (Å²) >= 11 is 1.08. The number of esters is 1. The molecule has 1 amide bonds. The second-order valence-corrected chi connectivity index (χ2v) is 10.4. The van der Waals surface area contributed by atoms with Crippen molar-refractivity contribution in [2.24, 2.45) is 0 Å². The lowest BCUT2D eigenvalue weighted by Crippen LogP contribution is -2.22. The lowest BCUT2D eigenvalue weighted by molar-refractivity contribution is -0.118. The fraction of sp³-hybridized carbons (Fsp3) is 0.364. The molecule has 1 N–H and O–H groups in total. The molecule has 8 nitrogen and oxygen atoms in total. The van der Waals surface area contributed by atoms with Gasteiger partial charge in [0.25, 0.3) is 5.91 Å². The molecule has 2 heterocycles. The Balaban J connectivity index is 1.77. The summed E-state index contributed by atoms with van der Waals surface area (Å²) in [6.07, 6.45) is 2.66. The number of hydrogen-bond donors (Lipinski definition) is 1. The predicted molar refractivity (Wildman–Crippen MR) is 122 cm³/mol. The van der Waals surface area contributed by atoms with Crippen molar-refractivity contribution in [2.45, 2.75) is 25.5 Å². The molecule has 0 saturated heterocycles. The molecule has 1 aromatic carbocycles. The van der Waals surface area contributed by atoms with Gasteiger partial charge in [0.2, 0.25) is 0 Å². The van der Waals surface area contributed by atoms with Gasteiger partial charge in [0.05, 0.1) is 30.8 Å². The molecular weight excluding hydrogens is 454 g/mol. The van der Waals surface area contributed by atoms with Crippen LogP contribution in [0.4, 0.5) is 5.00 Å². The van der Waals surface area contributed by atoms with Crippen LogP contribution in [0.3, 0.4) is 0 Å². The Bertz CT molecular complexity index is 1140. The standard InChI is InChI=1S/C22H25NO7S2/c1-4-6-14-7-8-16(17(11-14)28-3)30-12-19(24)23-21-20(22(25)29-5-2)15-9-10-32(26,27)13-18(15)31-21/h4,7-8,11H,1,5-6,9-10,12-13H2,2-3H3,(H,23,24). The molecule has 1 aliphatic heterocycles. The van der Waals surface area contributed by atoms with Crippen LogP contribution in [-0.2, 0) is 38.0 Å². The van der Waals surface area contributed by atoms with Gasteiger partial charge in [0.15, 0.2) is 27.9 Å². The molecule has 1 aromatic heterocycles. The van der Waals surface area contributed by atoms with Gasteiger partial charge < -0.3 is 19.5 Å². The highest BCUT2D eigenvalue weighted by Gasteiger charge is 2.32. The average molecular weight is 480 g/mol. The number of anilines is 1. The van der Waals surface area contributed by atoms with E-state index in [-0.39, 0.29) is 41.7 Å². The molecular formula is C22H25NO7S2. The Morgan fingerprint density at radius 2 is 2.06 bits per heavy atom. The van der Waals surface area contributed by atoms with E-state index in [1.807, 2.05) is 12.1 Å². The van der Waals surface area contributed by atoms with Gasteiger partial charge in [0, 0.05) is 4.88 Å². The van der Waals surface area contributed by atoms with Gasteiger partial charge in [-0.05, 0) is 43.0 Å². The minimum atomic E-state index is -3.23. The van der Waals surface area contributed by atoms with Gasteiger partial charge in [-0.3, -0.25) is 4.79 Å². The van der Waals surface area contributed by atoms with Gasteiger partial charge in [-0.1, -0.05) is 12.1 Å². The molecule has 32 heavy (non-hydrogen) atoms. The number of ether oxygens (including phenoxy) is 3. The molecule has 172 valence electrons. The number of amides is 1. The number of allylic oxidation sites excluding steroid dienone is 1. The molecule has 3 rings (SSSR count). The summed E-state index contributed by atoms with van der Waals surface area (Å²) in [4.78, 5) is 25.6. The predicted octanol–water partition coefficient (Wildman–Crippen LogP) is 3.15. The molecule has 2 aromatic rings. The molecule has 1 aliphatic rings. The summed E-state index contributed by atoms with van der Waals surface area (Å²) in [5.74, 6) is -0.380. The van der Waals surface area contributed by atoms with Crippen LogP contribution in [0, 0.1) is 0 Å². The third-order valence-corrected chi connectivity index (χ3v) is 7.69. The zero-order chi connectivity index (χ0) is 23.3. The number of hydrogen-bond acceptors (Lipinski definition) is 8. The maximum absolute atomic E-state index is 12.6. The highest BCUT2D eigenvalue weighted by Crippen LogP contribution is 2.38. The molecule has 0 bridgehead atoms. The number of methoxy groups -OCH3 is 1. The summed E-state index contributed by atoms with van der Waals surface area (Å²) in [6.45, 7) is 5.23. The minimum Gasteiger partial charge on any atom is -0.493 e. The third kappa shape index (κ3) is 5.49. The molecule has 0 atom stereocenters. The third-order valence-electron chi connectivity index (χ3n) is 4.80. The van der Waals surface area contributed by atoms with Crippen molar-refractivity contribution >= 4 is 38.1 Å². The SMILES string of the molecule is C=CCc1ccc(OCC(=O)Nc2sc3c(c2C(=O)OCC)CCS(=O)(=O)C3)c(OC)c1. The number of benzene rings is 1. The Labute approximate surface area is 191 Å². The zero-order valence-electron chi connectivity index (χ0n) is 17.9. The Hall–Kier alpha value is -2.85. The lowest BCUT2D eigenvalue weighted by atomic mass is 10.1. The van der Waals surface area contributed by atoms with E-state index in [1.165, 1.54) is 7.11 Å². The average Bonchev–Trinajstić information content (AvgIpc) is 3.08. The highest BCUT2D eigenvalue weighted by molar-refractivity contribution is 7.90. The van der Waals surface area contributed by atoms with Gasteiger partial charge in [-0.25, -0.2) is 13.2 Å². The van der Waals surface area contributed by atoms with E-state index in [0.29, 0.717) is 28.4 Å². The second-order valence-electron chi connectivity index (χ2n) is 7.09. The van der Waals surface area contributed by atoms with E-state index in [1.54, 1.807) is 19.1 Å². The molecule has 10 heteroatoms. The zero-order valence-corrected chi connectivity index (χ0v) is 19.6. The van der Waals surface area contributed by atoms with Crippen LogP contribution >= 0.6 is 11.3 Å². The number of nitrogens with one attached hydrogen (secondary N) is 1. The number of carbonyl (C=O) groups is 2. The van der Waals surface area contributed by atoms with E-state index < -0.39 is 21.7 Å². The summed E-state index contributed by atoms with van der Waals surface area (Å²) in [7, 11) is -1.72. The van der Waals surface area contributed by atoms with Crippen LogP contribution in [0.15, 0.2) is 30.9 Å². The largest absolute Gasteiger partial charge is 0.493 e. The first-order chi connectivity index (χ1) is 15.3. The van der Waals surface area contributed by atoms with Crippen LogP contribution in [0.1, 0.15) is 33.3 Å². The highest BCUT2D eigenvalue weighted by atomic mass is 32.2. The smallest absolute Gasteiger partial charge is 0.341 e. The van der Waals surface area contributed by atoms with Crippen molar-refractivity contribution in [1.29, 1.82) is 0 Å². The van der Waals surface area contributed by atoms with Crippen LogP contribution in [-0.4, -0.2) is 46.4 Å². The first-order valence-electron chi connectivity index (χ1n) is 10.0. The van der Waals surface area contributed by atoms with E-state index in [0.717, 1.165) is 16.9 Å². The van der Waals surface area contributed by atoms with Crippen LogP contribution in [0.2, 0.25) is 0 Å².